The van der Waals surface area contributed by atoms with E-state index in [9.17, 15) is 4.79 Å². The molecule has 122 valence electrons. The second-order valence-corrected chi connectivity index (χ2v) is 5.84. The second-order valence-electron chi connectivity index (χ2n) is 4.69. The zero-order valence-corrected chi connectivity index (χ0v) is 16.1. The van der Waals surface area contributed by atoms with Crippen LogP contribution >= 0.6 is 35.7 Å². The summed E-state index contributed by atoms with van der Waals surface area (Å²) in [4.78, 5) is 17.8. The van der Waals surface area contributed by atoms with E-state index in [1.54, 1.807) is 7.05 Å². The Morgan fingerprint density at radius 1 is 1.57 bits per heavy atom. The standard InChI is InChI=1S/C14H26N4OS.HI/c1-4-9-20-10-7-16-14(15-3)17-12-6-8-18(11-12)13(19)5-2;/h4,12H,1,5-11H2,2-3H3,(H2,15,16,17);1H. The van der Waals surface area contributed by atoms with Crippen LogP contribution in [0.2, 0.25) is 0 Å². The molecule has 1 aliphatic heterocycles. The van der Waals surface area contributed by atoms with Gasteiger partial charge < -0.3 is 15.5 Å². The van der Waals surface area contributed by atoms with Gasteiger partial charge in [0.2, 0.25) is 5.91 Å². The monoisotopic (exact) mass is 426 g/mol. The lowest BCUT2D eigenvalue weighted by Gasteiger charge is -2.18. The minimum atomic E-state index is 0. The number of carbonyl (C=O) groups excluding carboxylic acids is 1. The number of nitrogens with one attached hydrogen (secondary N) is 2. The lowest BCUT2D eigenvalue weighted by atomic mass is 10.3. The number of rotatable bonds is 7. The van der Waals surface area contributed by atoms with Crippen molar-refractivity contribution in [3.05, 3.63) is 12.7 Å². The summed E-state index contributed by atoms with van der Waals surface area (Å²) in [6, 6.07) is 0.303. The molecule has 1 amide bonds. The molecule has 1 saturated heterocycles. The average molecular weight is 426 g/mol. The highest BCUT2D eigenvalue weighted by Crippen LogP contribution is 2.10. The van der Waals surface area contributed by atoms with Crippen LogP contribution in [0.1, 0.15) is 19.8 Å². The van der Waals surface area contributed by atoms with Gasteiger partial charge in [-0.25, -0.2) is 0 Å². The molecule has 0 spiro atoms. The van der Waals surface area contributed by atoms with E-state index in [4.69, 9.17) is 0 Å². The number of likely N-dealkylation sites (tertiary alicyclic amines) is 1. The molecule has 0 aliphatic carbocycles. The Bertz CT molecular complexity index is 352. The number of amides is 1. The number of aliphatic imine (C=N–C) groups is 1. The average Bonchev–Trinajstić information content (AvgIpc) is 2.93. The van der Waals surface area contributed by atoms with Crippen LogP contribution in [0.3, 0.4) is 0 Å². The normalized spacial score (nSPS) is 18.1. The van der Waals surface area contributed by atoms with Gasteiger partial charge in [0, 0.05) is 50.7 Å². The molecule has 1 aliphatic rings. The molecular weight excluding hydrogens is 399 g/mol. The maximum Gasteiger partial charge on any atom is 0.222 e. The number of thioether (sulfide) groups is 1. The third-order valence-corrected chi connectivity index (χ3v) is 4.15. The molecule has 1 atom stereocenters. The summed E-state index contributed by atoms with van der Waals surface area (Å²) in [6.45, 7) is 8.10. The molecule has 0 saturated carbocycles. The van der Waals surface area contributed by atoms with Gasteiger partial charge in [-0.1, -0.05) is 13.0 Å². The van der Waals surface area contributed by atoms with Crippen molar-refractivity contribution >= 4 is 47.6 Å². The maximum absolute atomic E-state index is 11.6. The molecule has 1 rings (SSSR count). The molecule has 7 heteroatoms. The largest absolute Gasteiger partial charge is 0.356 e. The van der Waals surface area contributed by atoms with E-state index in [2.05, 4.69) is 22.2 Å². The van der Waals surface area contributed by atoms with Gasteiger partial charge in [0.05, 0.1) is 0 Å². The molecule has 0 bridgehead atoms. The molecular formula is C14H27IN4OS. The van der Waals surface area contributed by atoms with Crippen LogP contribution in [0.25, 0.3) is 0 Å². The predicted molar refractivity (Wildman–Crippen MR) is 103 cm³/mol. The van der Waals surface area contributed by atoms with E-state index in [0.29, 0.717) is 12.5 Å². The third kappa shape index (κ3) is 7.94. The number of guanidine groups is 1. The topological polar surface area (TPSA) is 56.7 Å². The summed E-state index contributed by atoms with van der Waals surface area (Å²) in [6.07, 6.45) is 3.48. The van der Waals surface area contributed by atoms with Crippen LogP contribution in [0, 0.1) is 0 Å². The Hall–Kier alpha value is -0.440. The van der Waals surface area contributed by atoms with E-state index >= 15 is 0 Å². The second kappa shape index (κ2) is 12.1. The minimum absolute atomic E-state index is 0. The van der Waals surface area contributed by atoms with Gasteiger partial charge in [-0.05, 0) is 6.42 Å². The van der Waals surface area contributed by atoms with E-state index < -0.39 is 0 Å². The first kappa shape index (κ1) is 20.6. The van der Waals surface area contributed by atoms with Crippen LogP contribution in [0.4, 0.5) is 0 Å². The van der Waals surface area contributed by atoms with Crippen molar-refractivity contribution in [2.24, 2.45) is 4.99 Å². The highest BCUT2D eigenvalue weighted by atomic mass is 127. The number of hydrogen-bond acceptors (Lipinski definition) is 3. The van der Waals surface area contributed by atoms with Crippen molar-refractivity contribution < 1.29 is 4.79 Å². The summed E-state index contributed by atoms with van der Waals surface area (Å²) in [7, 11) is 1.77. The van der Waals surface area contributed by atoms with Crippen LogP contribution < -0.4 is 10.6 Å². The zero-order chi connectivity index (χ0) is 14.8. The van der Waals surface area contributed by atoms with Crippen molar-refractivity contribution in [1.29, 1.82) is 0 Å². The van der Waals surface area contributed by atoms with Crippen LogP contribution in [0.15, 0.2) is 17.6 Å². The van der Waals surface area contributed by atoms with Gasteiger partial charge >= 0.3 is 0 Å². The van der Waals surface area contributed by atoms with Gasteiger partial charge in [-0.3, -0.25) is 9.79 Å². The maximum atomic E-state index is 11.6. The summed E-state index contributed by atoms with van der Waals surface area (Å²) in [5, 5.41) is 6.67. The Kier molecular flexibility index (Phi) is 11.9. The first-order valence-corrected chi connectivity index (χ1v) is 8.30. The number of halogens is 1. The zero-order valence-electron chi connectivity index (χ0n) is 12.9. The first-order valence-electron chi connectivity index (χ1n) is 7.14. The number of carbonyl (C=O) groups is 1. The summed E-state index contributed by atoms with van der Waals surface area (Å²) in [5.41, 5.74) is 0. The summed E-state index contributed by atoms with van der Waals surface area (Å²) in [5.74, 6) is 3.06. The Balaban J connectivity index is 0.00000400. The Labute approximate surface area is 149 Å². The van der Waals surface area contributed by atoms with E-state index in [1.807, 2.05) is 29.7 Å². The SMILES string of the molecule is C=CCSCCNC(=NC)NC1CCN(C(=O)CC)C1.I. The van der Waals surface area contributed by atoms with Crippen LogP contribution in [-0.4, -0.2) is 61.0 Å². The molecule has 21 heavy (non-hydrogen) atoms. The highest BCUT2D eigenvalue weighted by molar-refractivity contribution is 14.0. The molecule has 1 fully saturated rings. The van der Waals surface area contributed by atoms with Gasteiger partial charge in [-0.2, -0.15) is 11.8 Å². The molecule has 0 aromatic carbocycles. The van der Waals surface area contributed by atoms with Crippen molar-refractivity contribution in [3.63, 3.8) is 0 Å². The first-order chi connectivity index (χ1) is 9.71. The quantitative estimate of drug-likeness (QED) is 0.214. The van der Waals surface area contributed by atoms with E-state index in [-0.39, 0.29) is 29.9 Å². The van der Waals surface area contributed by atoms with Crippen LogP contribution in [-0.2, 0) is 4.79 Å². The van der Waals surface area contributed by atoms with E-state index in [1.165, 1.54) is 0 Å². The third-order valence-electron chi connectivity index (χ3n) is 3.18. The fourth-order valence-corrected chi connectivity index (χ4v) is 2.70. The van der Waals surface area contributed by atoms with Gasteiger partial charge in [0.1, 0.15) is 0 Å². The van der Waals surface area contributed by atoms with Crippen molar-refractivity contribution in [2.75, 3.05) is 38.2 Å². The molecule has 1 heterocycles. The molecule has 0 aromatic heterocycles. The molecule has 0 aromatic rings. The lowest BCUT2D eigenvalue weighted by molar-refractivity contribution is -0.129. The minimum Gasteiger partial charge on any atom is -0.356 e. The van der Waals surface area contributed by atoms with Gasteiger partial charge in [-0.15, -0.1) is 30.6 Å². The highest BCUT2D eigenvalue weighted by Gasteiger charge is 2.25. The van der Waals surface area contributed by atoms with E-state index in [0.717, 1.165) is 43.5 Å². The number of nitrogens with zero attached hydrogens (tertiary/aromatic N) is 2. The smallest absolute Gasteiger partial charge is 0.222 e. The summed E-state index contributed by atoms with van der Waals surface area (Å²) >= 11 is 1.84. The number of hydrogen-bond donors (Lipinski definition) is 2. The van der Waals surface area contributed by atoms with Crippen LogP contribution in [0.5, 0.6) is 0 Å². The van der Waals surface area contributed by atoms with Crippen molar-refractivity contribution in [2.45, 2.75) is 25.8 Å². The summed E-state index contributed by atoms with van der Waals surface area (Å²) < 4.78 is 0. The van der Waals surface area contributed by atoms with Crippen molar-refractivity contribution in [3.8, 4) is 0 Å². The van der Waals surface area contributed by atoms with Gasteiger partial charge in [0.25, 0.3) is 0 Å². The van der Waals surface area contributed by atoms with Gasteiger partial charge in [0.15, 0.2) is 5.96 Å². The fraction of sp³-hybridized carbons (Fsp3) is 0.714. The van der Waals surface area contributed by atoms with Crippen molar-refractivity contribution in [1.82, 2.24) is 15.5 Å². The lowest BCUT2D eigenvalue weighted by Crippen LogP contribution is -2.45. The fourth-order valence-electron chi connectivity index (χ4n) is 2.12. The molecule has 5 nitrogen and oxygen atoms in total. The predicted octanol–water partition coefficient (Wildman–Crippen LogP) is 1.70. The Morgan fingerprint density at radius 2 is 2.33 bits per heavy atom. The Morgan fingerprint density at radius 3 is 2.95 bits per heavy atom. The molecule has 2 N–H and O–H groups in total. The molecule has 1 unspecified atom stereocenters. The molecule has 0 radical (unpaired) electrons.